The second-order valence-electron chi connectivity index (χ2n) is 6.70. The van der Waals surface area contributed by atoms with E-state index in [1.165, 1.54) is 6.42 Å². The molecule has 2 aliphatic rings. The summed E-state index contributed by atoms with van der Waals surface area (Å²) in [6.07, 6.45) is 5.84. The largest absolute Gasteiger partial charge is 0.347 e. The molecular formula is C19H26N2O4. The lowest BCUT2D eigenvalue weighted by Crippen LogP contribution is -2.41. The molecular weight excluding hydrogens is 320 g/mol. The van der Waals surface area contributed by atoms with Crippen LogP contribution in [0.25, 0.3) is 0 Å². The molecule has 25 heavy (non-hydrogen) atoms. The summed E-state index contributed by atoms with van der Waals surface area (Å²) in [6, 6.07) is 7.47. The predicted molar refractivity (Wildman–Crippen MR) is 94.1 cm³/mol. The molecule has 136 valence electrons. The van der Waals surface area contributed by atoms with Crippen molar-refractivity contribution < 1.29 is 19.1 Å². The van der Waals surface area contributed by atoms with Crippen LogP contribution in [0.15, 0.2) is 24.3 Å². The van der Waals surface area contributed by atoms with E-state index in [1.54, 1.807) is 6.07 Å². The lowest BCUT2D eigenvalue weighted by molar-refractivity contribution is -0.186. The molecule has 2 amide bonds. The Balaban J connectivity index is 1.47. The number of nitrogens with one attached hydrogen (secondary N) is 2. The number of para-hydroxylation sites is 1. The Morgan fingerprint density at radius 2 is 1.92 bits per heavy atom. The highest BCUT2D eigenvalue weighted by molar-refractivity contribution is 6.39. The molecule has 1 saturated carbocycles. The predicted octanol–water partition coefficient (Wildman–Crippen LogP) is 2.38. The Hall–Kier alpha value is -1.92. The van der Waals surface area contributed by atoms with Crippen molar-refractivity contribution >= 4 is 17.5 Å². The van der Waals surface area contributed by atoms with Crippen molar-refractivity contribution in [3.05, 3.63) is 29.8 Å². The molecule has 1 aromatic carbocycles. The van der Waals surface area contributed by atoms with Crippen molar-refractivity contribution in [1.82, 2.24) is 5.32 Å². The minimum Gasteiger partial charge on any atom is -0.347 e. The number of rotatable bonds is 4. The van der Waals surface area contributed by atoms with Crippen LogP contribution in [0.4, 0.5) is 5.69 Å². The normalized spacial score (nSPS) is 21.9. The van der Waals surface area contributed by atoms with E-state index in [9.17, 15) is 9.59 Å². The number of anilines is 1. The Kier molecular flexibility index (Phi) is 5.71. The van der Waals surface area contributed by atoms with E-state index >= 15 is 0 Å². The second-order valence-corrected chi connectivity index (χ2v) is 6.70. The van der Waals surface area contributed by atoms with Crippen molar-refractivity contribution in [1.29, 1.82) is 0 Å². The SMILES string of the molecule is CCc1ccccc1NC(=O)C(=O)NC[C@H]1COC2(CCCCC2)O1. The van der Waals surface area contributed by atoms with Crippen LogP contribution in [-0.4, -0.2) is 36.9 Å². The van der Waals surface area contributed by atoms with Crippen LogP contribution >= 0.6 is 0 Å². The maximum Gasteiger partial charge on any atom is 0.313 e. The summed E-state index contributed by atoms with van der Waals surface area (Å²) in [5.74, 6) is -1.78. The van der Waals surface area contributed by atoms with Gasteiger partial charge in [0.1, 0.15) is 6.10 Å². The number of carbonyl (C=O) groups excluding carboxylic acids is 2. The van der Waals surface area contributed by atoms with Gasteiger partial charge < -0.3 is 20.1 Å². The van der Waals surface area contributed by atoms with Crippen molar-refractivity contribution in [3.8, 4) is 0 Å². The van der Waals surface area contributed by atoms with Gasteiger partial charge in [-0.2, -0.15) is 0 Å². The van der Waals surface area contributed by atoms with E-state index in [4.69, 9.17) is 9.47 Å². The van der Waals surface area contributed by atoms with Crippen molar-refractivity contribution in [2.45, 2.75) is 57.3 Å². The fourth-order valence-electron chi connectivity index (χ4n) is 3.49. The van der Waals surface area contributed by atoms with Crippen LogP contribution in [0.3, 0.4) is 0 Å². The summed E-state index contributed by atoms with van der Waals surface area (Å²) < 4.78 is 11.8. The van der Waals surface area contributed by atoms with Gasteiger partial charge in [-0.25, -0.2) is 0 Å². The topological polar surface area (TPSA) is 76.7 Å². The zero-order valence-electron chi connectivity index (χ0n) is 14.7. The molecule has 3 rings (SSSR count). The average Bonchev–Trinajstić information content (AvgIpc) is 3.03. The third-order valence-corrected chi connectivity index (χ3v) is 4.87. The number of ether oxygens (including phenoxy) is 2. The zero-order valence-corrected chi connectivity index (χ0v) is 14.7. The molecule has 1 aliphatic carbocycles. The number of aryl methyl sites for hydroxylation is 1. The summed E-state index contributed by atoms with van der Waals surface area (Å²) in [5, 5.41) is 5.32. The minimum atomic E-state index is -0.660. The number of benzene rings is 1. The van der Waals surface area contributed by atoms with E-state index in [2.05, 4.69) is 10.6 Å². The van der Waals surface area contributed by atoms with E-state index in [0.29, 0.717) is 12.3 Å². The highest BCUT2D eigenvalue weighted by atomic mass is 16.7. The Morgan fingerprint density at radius 1 is 1.16 bits per heavy atom. The van der Waals surface area contributed by atoms with Gasteiger partial charge in [-0.3, -0.25) is 9.59 Å². The molecule has 2 N–H and O–H groups in total. The van der Waals surface area contributed by atoms with Gasteiger partial charge in [0.15, 0.2) is 5.79 Å². The Labute approximate surface area is 148 Å². The molecule has 1 spiro atoms. The fraction of sp³-hybridized carbons (Fsp3) is 0.579. The van der Waals surface area contributed by atoms with Crippen LogP contribution in [0.2, 0.25) is 0 Å². The summed E-state index contributed by atoms with van der Waals surface area (Å²) in [6.45, 7) is 2.74. The average molecular weight is 346 g/mol. The van der Waals surface area contributed by atoms with Crippen molar-refractivity contribution in [2.24, 2.45) is 0 Å². The monoisotopic (exact) mass is 346 g/mol. The highest BCUT2D eigenvalue weighted by Gasteiger charge is 2.42. The maximum atomic E-state index is 12.1. The van der Waals surface area contributed by atoms with Gasteiger partial charge in [-0.15, -0.1) is 0 Å². The molecule has 1 heterocycles. The number of amides is 2. The summed E-state index contributed by atoms with van der Waals surface area (Å²) in [7, 11) is 0. The zero-order chi connectivity index (χ0) is 17.7. The molecule has 1 aliphatic heterocycles. The second kappa shape index (κ2) is 7.97. The first-order valence-corrected chi connectivity index (χ1v) is 9.11. The summed E-state index contributed by atoms with van der Waals surface area (Å²) in [4.78, 5) is 24.1. The minimum absolute atomic E-state index is 0.197. The van der Waals surface area contributed by atoms with Gasteiger partial charge in [0.25, 0.3) is 0 Å². The van der Waals surface area contributed by atoms with E-state index in [1.807, 2.05) is 25.1 Å². The molecule has 6 nitrogen and oxygen atoms in total. The molecule has 0 unspecified atom stereocenters. The lowest BCUT2D eigenvalue weighted by atomic mass is 9.94. The van der Waals surface area contributed by atoms with Crippen LogP contribution in [0.1, 0.15) is 44.6 Å². The van der Waals surface area contributed by atoms with E-state index in [0.717, 1.165) is 37.7 Å². The first-order valence-electron chi connectivity index (χ1n) is 9.11. The van der Waals surface area contributed by atoms with E-state index in [-0.39, 0.29) is 12.6 Å². The quantitative estimate of drug-likeness (QED) is 0.821. The molecule has 1 atom stereocenters. The molecule has 2 fully saturated rings. The van der Waals surface area contributed by atoms with Crippen molar-refractivity contribution in [2.75, 3.05) is 18.5 Å². The number of hydrogen-bond acceptors (Lipinski definition) is 4. The summed E-state index contributed by atoms with van der Waals surface area (Å²) >= 11 is 0. The van der Waals surface area contributed by atoms with Gasteiger partial charge >= 0.3 is 11.8 Å². The van der Waals surface area contributed by atoms with Crippen LogP contribution in [0.5, 0.6) is 0 Å². The first kappa shape index (κ1) is 17.9. The molecule has 0 radical (unpaired) electrons. The van der Waals surface area contributed by atoms with Crippen LogP contribution in [-0.2, 0) is 25.5 Å². The Morgan fingerprint density at radius 3 is 2.68 bits per heavy atom. The smallest absolute Gasteiger partial charge is 0.313 e. The molecule has 1 aromatic rings. The lowest BCUT2D eigenvalue weighted by Gasteiger charge is -2.31. The highest BCUT2D eigenvalue weighted by Crippen LogP contribution is 2.37. The van der Waals surface area contributed by atoms with Gasteiger partial charge in [0.05, 0.1) is 6.61 Å². The molecule has 0 bridgehead atoms. The maximum absolute atomic E-state index is 12.1. The third kappa shape index (κ3) is 4.38. The summed E-state index contributed by atoms with van der Waals surface area (Å²) in [5.41, 5.74) is 1.67. The molecule has 6 heteroatoms. The number of carbonyl (C=O) groups is 2. The van der Waals surface area contributed by atoms with Gasteiger partial charge in [-0.1, -0.05) is 31.5 Å². The van der Waals surface area contributed by atoms with Crippen LogP contribution < -0.4 is 10.6 Å². The third-order valence-electron chi connectivity index (χ3n) is 4.87. The first-order chi connectivity index (χ1) is 12.1. The molecule has 1 saturated heterocycles. The van der Waals surface area contributed by atoms with Crippen LogP contribution in [0, 0.1) is 0 Å². The van der Waals surface area contributed by atoms with Gasteiger partial charge in [0, 0.05) is 25.1 Å². The van der Waals surface area contributed by atoms with Gasteiger partial charge in [0.2, 0.25) is 0 Å². The van der Waals surface area contributed by atoms with Crippen molar-refractivity contribution in [3.63, 3.8) is 0 Å². The Bertz CT molecular complexity index is 626. The van der Waals surface area contributed by atoms with Gasteiger partial charge in [-0.05, 0) is 30.9 Å². The number of hydrogen-bond donors (Lipinski definition) is 2. The fourth-order valence-corrected chi connectivity index (χ4v) is 3.49. The van der Waals surface area contributed by atoms with E-state index < -0.39 is 17.6 Å². The standard InChI is InChI=1S/C19H26N2O4/c1-2-14-8-4-5-9-16(14)21-18(23)17(22)20-12-15-13-24-19(25-15)10-6-3-7-11-19/h4-5,8-9,15H,2-3,6-7,10-13H2,1H3,(H,20,22)(H,21,23)/t15-/m0/s1. The molecule has 0 aromatic heterocycles.